The number of ether oxygens (including phenoxy) is 4. The fourth-order valence-corrected chi connectivity index (χ4v) is 4.58. The van der Waals surface area contributed by atoms with Gasteiger partial charge in [0.05, 0.1) is 26.4 Å². The first-order valence-electron chi connectivity index (χ1n) is 9.44. The van der Waals surface area contributed by atoms with Crippen molar-refractivity contribution in [1.82, 2.24) is 0 Å². The molecule has 0 bridgehead atoms. The second-order valence-electron chi connectivity index (χ2n) is 5.46. The molecule has 2 rings (SSSR count). The van der Waals surface area contributed by atoms with E-state index in [2.05, 4.69) is 20.0 Å². The summed E-state index contributed by atoms with van der Waals surface area (Å²) in [6, 6.07) is -0.322. The summed E-state index contributed by atoms with van der Waals surface area (Å²) in [5.41, 5.74) is 0. The van der Waals surface area contributed by atoms with E-state index in [9.17, 15) is 0 Å². The minimum atomic E-state index is -0.161. The van der Waals surface area contributed by atoms with Crippen molar-refractivity contribution in [2.24, 2.45) is 20.0 Å². The lowest BCUT2D eigenvalue weighted by Gasteiger charge is -2.22. The number of aliphatic imine (C=N–C) groups is 4. The van der Waals surface area contributed by atoms with Gasteiger partial charge in [0.25, 0.3) is 0 Å². The Bertz CT molecular complexity index is 558. The molecule has 0 aliphatic carbocycles. The minimum Gasteiger partial charge on any atom is -0.480 e. The predicted molar refractivity (Wildman–Crippen MR) is 117 cm³/mol. The first kappa shape index (κ1) is 22.9. The fourth-order valence-electron chi connectivity index (χ4n) is 2.34. The zero-order chi connectivity index (χ0) is 20.2. The molecule has 0 spiro atoms. The highest BCUT2D eigenvalue weighted by molar-refractivity contribution is 8.76. The van der Waals surface area contributed by atoms with Gasteiger partial charge in [-0.05, 0) is 27.7 Å². The van der Waals surface area contributed by atoms with E-state index in [0.29, 0.717) is 50.0 Å². The lowest BCUT2D eigenvalue weighted by molar-refractivity contribution is 0.301. The minimum absolute atomic E-state index is 0.161. The topological polar surface area (TPSA) is 86.4 Å². The molecule has 0 aromatic rings. The molecule has 0 saturated carbocycles. The Kier molecular flexibility index (Phi) is 10.6. The molecule has 8 nitrogen and oxygen atoms in total. The van der Waals surface area contributed by atoms with Crippen LogP contribution in [-0.2, 0) is 18.9 Å². The largest absolute Gasteiger partial charge is 0.480 e. The molecule has 2 aliphatic heterocycles. The van der Waals surface area contributed by atoms with Crippen LogP contribution in [0.25, 0.3) is 0 Å². The molecule has 0 aromatic carbocycles. The molecule has 28 heavy (non-hydrogen) atoms. The average molecular weight is 429 g/mol. The van der Waals surface area contributed by atoms with Crippen LogP contribution in [0.15, 0.2) is 20.0 Å². The van der Waals surface area contributed by atoms with Gasteiger partial charge >= 0.3 is 0 Å². The van der Waals surface area contributed by atoms with Crippen molar-refractivity contribution in [3.8, 4) is 0 Å². The van der Waals surface area contributed by atoms with Crippen molar-refractivity contribution in [3.05, 3.63) is 13.1 Å². The number of nitrogens with zero attached hydrogens (tertiary/aromatic N) is 4. The highest BCUT2D eigenvalue weighted by Crippen LogP contribution is 2.27. The van der Waals surface area contributed by atoms with Gasteiger partial charge in [-0.1, -0.05) is 21.6 Å². The SMILES string of the molecule is CCOC1=N[C@@H](CSSC[C@H]2N=C(OCC)[CH]N=C2OCC)C(OCC)=N[CH]1. The van der Waals surface area contributed by atoms with Gasteiger partial charge in [-0.15, -0.1) is 0 Å². The quantitative estimate of drug-likeness (QED) is 0.414. The molecule has 0 fully saturated rings. The van der Waals surface area contributed by atoms with Crippen LogP contribution >= 0.6 is 21.6 Å². The van der Waals surface area contributed by atoms with E-state index in [0.717, 1.165) is 11.5 Å². The van der Waals surface area contributed by atoms with Crippen molar-refractivity contribution in [2.45, 2.75) is 39.8 Å². The second-order valence-corrected chi connectivity index (χ2v) is 8.01. The predicted octanol–water partition coefficient (Wildman–Crippen LogP) is 3.20. The first-order chi connectivity index (χ1) is 13.7. The third kappa shape index (κ3) is 7.20. The summed E-state index contributed by atoms with van der Waals surface area (Å²) in [6.45, 7) is 13.2. The monoisotopic (exact) mass is 428 g/mol. The van der Waals surface area contributed by atoms with E-state index in [1.165, 1.54) is 0 Å². The van der Waals surface area contributed by atoms with Gasteiger partial charge in [-0.3, -0.25) is 0 Å². The fraction of sp³-hybridized carbons (Fsp3) is 0.667. The van der Waals surface area contributed by atoms with Gasteiger partial charge in [0.15, 0.2) is 13.1 Å². The Morgan fingerprint density at radius 1 is 0.679 bits per heavy atom. The van der Waals surface area contributed by atoms with Crippen LogP contribution in [0.3, 0.4) is 0 Å². The Labute approximate surface area is 175 Å². The second kappa shape index (κ2) is 12.9. The molecule has 2 atom stereocenters. The summed E-state index contributed by atoms with van der Waals surface area (Å²) in [4.78, 5) is 17.9. The van der Waals surface area contributed by atoms with Crippen molar-refractivity contribution in [1.29, 1.82) is 0 Å². The molecule has 0 N–H and O–H groups in total. The smallest absolute Gasteiger partial charge is 0.212 e. The van der Waals surface area contributed by atoms with E-state index in [1.54, 1.807) is 34.7 Å². The van der Waals surface area contributed by atoms with Gasteiger partial charge in [-0.2, -0.15) is 0 Å². The molecule has 10 heteroatoms. The number of rotatable bonds is 9. The summed E-state index contributed by atoms with van der Waals surface area (Å²) >= 11 is 0. The van der Waals surface area contributed by atoms with E-state index < -0.39 is 0 Å². The summed E-state index contributed by atoms with van der Waals surface area (Å²) < 4.78 is 22.2. The molecule has 0 amide bonds. The maximum atomic E-state index is 5.61. The summed E-state index contributed by atoms with van der Waals surface area (Å²) in [5, 5.41) is 0. The third-order valence-electron chi connectivity index (χ3n) is 3.44. The molecule has 2 heterocycles. The number of hydrogen-bond donors (Lipinski definition) is 0. The van der Waals surface area contributed by atoms with Gasteiger partial charge in [0, 0.05) is 11.5 Å². The van der Waals surface area contributed by atoms with Gasteiger partial charge in [-0.25, -0.2) is 20.0 Å². The van der Waals surface area contributed by atoms with E-state index in [1.807, 2.05) is 27.7 Å². The van der Waals surface area contributed by atoms with Crippen LogP contribution < -0.4 is 0 Å². The Hall–Kier alpha value is -1.42. The zero-order valence-electron chi connectivity index (χ0n) is 16.8. The lowest BCUT2D eigenvalue weighted by Crippen LogP contribution is -2.31. The molecule has 2 aliphatic rings. The average Bonchev–Trinajstić information content (AvgIpc) is 2.69. The molecule has 0 unspecified atom stereocenters. The van der Waals surface area contributed by atoms with Gasteiger partial charge in [0.1, 0.15) is 12.1 Å². The lowest BCUT2D eigenvalue weighted by atomic mass is 10.3. The number of hydrogen-bond acceptors (Lipinski definition) is 10. The van der Waals surface area contributed by atoms with E-state index >= 15 is 0 Å². The molecule has 156 valence electrons. The zero-order valence-corrected chi connectivity index (χ0v) is 18.4. The van der Waals surface area contributed by atoms with Crippen molar-refractivity contribution in [2.75, 3.05) is 37.9 Å². The molecular formula is C18H28N4O4S2. The van der Waals surface area contributed by atoms with Crippen molar-refractivity contribution < 1.29 is 18.9 Å². The van der Waals surface area contributed by atoms with E-state index in [4.69, 9.17) is 18.9 Å². The Morgan fingerprint density at radius 3 is 1.43 bits per heavy atom. The summed E-state index contributed by atoms with van der Waals surface area (Å²) in [5.74, 6) is 3.77. The summed E-state index contributed by atoms with van der Waals surface area (Å²) in [7, 11) is 3.37. The van der Waals surface area contributed by atoms with Crippen LogP contribution in [0.5, 0.6) is 0 Å². The molecular weight excluding hydrogens is 400 g/mol. The highest BCUT2D eigenvalue weighted by Gasteiger charge is 2.25. The highest BCUT2D eigenvalue weighted by atomic mass is 33.1. The van der Waals surface area contributed by atoms with Crippen molar-refractivity contribution >= 4 is 45.2 Å². The van der Waals surface area contributed by atoms with Crippen LogP contribution in [0, 0.1) is 13.1 Å². The maximum absolute atomic E-state index is 5.61. The summed E-state index contributed by atoms with van der Waals surface area (Å²) in [6.07, 6.45) is 0. The van der Waals surface area contributed by atoms with Gasteiger partial charge in [0.2, 0.25) is 23.6 Å². The third-order valence-corrected chi connectivity index (χ3v) is 5.83. The Morgan fingerprint density at radius 2 is 1.07 bits per heavy atom. The standard InChI is InChI=1S/C18H28N4O4S2/c1-5-23-15-9-19-17(25-7-3)13(21-15)11-27-28-12-14-18(26-8-4)20-10-16(22-14)24-6-2/h9-10,13-14H,5-8,11-12H2,1-4H3/t13-,14+. The Balaban J connectivity index is 1.87. The normalized spacial score (nSPS) is 21.9. The van der Waals surface area contributed by atoms with Crippen LogP contribution in [0.1, 0.15) is 27.7 Å². The molecule has 0 aromatic heterocycles. The van der Waals surface area contributed by atoms with Crippen molar-refractivity contribution in [3.63, 3.8) is 0 Å². The van der Waals surface area contributed by atoms with E-state index in [-0.39, 0.29) is 12.1 Å². The molecule has 0 saturated heterocycles. The van der Waals surface area contributed by atoms with Crippen LogP contribution in [-0.4, -0.2) is 73.6 Å². The molecule has 2 radical (unpaired) electrons. The first-order valence-corrected chi connectivity index (χ1v) is 11.9. The van der Waals surface area contributed by atoms with Crippen LogP contribution in [0.4, 0.5) is 0 Å². The maximum Gasteiger partial charge on any atom is 0.212 e. The van der Waals surface area contributed by atoms with Gasteiger partial charge < -0.3 is 18.9 Å². The van der Waals surface area contributed by atoms with Crippen LogP contribution in [0.2, 0.25) is 0 Å².